The largest absolute Gasteiger partial charge is 0.508 e. The van der Waals surface area contributed by atoms with Crippen molar-refractivity contribution in [3.05, 3.63) is 108 Å². The highest BCUT2D eigenvalue weighted by Crippen LogP contribution is 2.34. The van der Waals surface area contributed by atoms with E-state index in [1.54, 1.807) is 23.2 Å². The highest BCUT2D eigenvalue weighted by Gasteiger charge is 2.39. The number of anilines is 1. The van der Waals surface area contributed by atoms with E-state index in [1.807, 2.05) is 36.4 Å². The van der Waals surface area contributed by atoms with Gasteiger partial charge in [-0.3, -0.25) is 24.5 Å². The van der Waals surface area contributed by atoms with Crippen LogP contribution in [0.3, 0.4) is 0 Å². The maximum absolute atomic E-state index is 13.6. The number of rotatable bonds is 9. The number of phenols is 1. The summed E-state index contributed by atoms with van der Waals surface area (Å²) in [5.74, 6) is 0.661. The number of thioether (sulfide) groups is 1. The number of hydrogen-bond donors (Lipinski definition) is 2. The van der Waals surface area contributed by atoms with E-state index in [1.165, 1.54) is 29.5 Å². The standard InChI is InChI=1S/C34H32N4O4S/c1-22-18-26-19-25(9-14-30(26)42-22)24-7-5-23(6-8-24)21-38-33(41)31(20-32(40)37-28-10-12-29(39)13-11-28)43-34(38)36-17-15-27-4-2-3-16-35-27/h2-14,16,19,22,31,39H,15,17-18,20-21H2,1H3,(H,37,40). The molecule has 3 aromatic carbocycles. The zero-order chi connectivity index (χ0) is 29.8. The minimum absolute atomic E-state index is 0.0136. The Morgan fingerprint density at radius 3 is 2.63 bits per heavy atom. The third-order valence-electron chi connectivity index (χ3n) is 7.41. The summed E-state index contributed by atoms with van der Waals surface area (Å²) in [7, 11) is 0. The van der Waals surface area contributed by atoms with Crippen molar-refractivity contribution in [1.29, 1.82) is 0 Å². The highest BCUT2D eigenvalue weighted by molar-refractivity contribution is 8.15. The van der Waals surface area contributed by atoms with Crippen molar-refractivity contribution in [2.45, 2.75) is 44.1 Å². The van der Waals surface area contributed by atoms with Crippen molar-refractivity contribution in [2.24, 2.45) is 4.99 Å². The number of nitrogens with zero attached hydrogens (tertiary/aromatic N) is 3. The maximum atomic E-state index is 13.6. The second-order valence-corrected chi connectivity index (χ2v) is 11.9. The topological polar surface area (TPSA) is 104 Å². The zero-order valence-electron chi connectivity index (χ0n) is 23.8. The van der Waals surface area contributed by atoms with Crippen LogP contribution in [0.4, 0.5) is 5.69 Å². The van der Waals surface area contributed by atoms with Crippen LogP contribution >= 0.6 is 11.8 Å². The molecular weight excluding hydrogens is 560 g/mol. The molecule has 1 aromatic heterocycles. The van der Waals surface area contributed by atoms with Crippen LogP contribution in [0, 0.1) is 0 Å². The summed E-state index contributed by atoms with van der Waals surface area (Å²) in [5.41, 5.74) is 5.92. The van der Waals surface area contributed by atoms with E-state index < -0.39 is 5.25 Å². The molecule has 3 heterocycles. The third-order valence-corrected chi connectivity index (χ3v) is 8.62. The van der Waals surface area contributed by atoms with E-state index in [9.17, 15) is 14.7 Å². The number of benzene rings is 3. The average Bonchev–Trinajstić information content (AvgIpc) is 3.52. The molecule has 4 aromatic rings. The Hall–Kier alpha value is -4.63. The fraction of sp³-hybridized carbons (Fsp3) is 0.235. The van der Waals surface area contributed by atoms with Crippen molar-refractivity contribution in [2.75, 3.05) is 11.9 Å². The molecule has 0 bridgehead atoms. The van der Waals surface area contributed by atoms with Crippen LogP contribution in [0.1, 0.15) is 30.2 Å². The summed E-state index contributed by atoms with van der Waals surface area (Å²) in [6.45, 7) is 2.92. The second-order valence-electron chi connectivity index (χ2n) is 10.7. The molecule has 218 valence electrons. The Balaban J connectivity index is 1.16. The maximum Gasteiger partial charge on any atom is 0.242 e. The summed E-state index contributed by atoms with van der Waals surface area (Å²) >= 11 is 1.33. The number of nitrogens with one attached hydrogen (secondary N) is 1. The Labute approximate surface area is 254 Å². The van der Waals surface area contributed by atoms with Gasteiger partial charge < -0.3 is 15.2 Å². The number of aromatic hydroxyl groups is 1. The molecule has 0 aliphatic carbocycles. The number of fused-ring (bicyclic) bond motifs is 1. The van der Waals surface area contributed by atoms with Crippen LogP contribution in [0.15, 0.2) is 96.1 Å². The van der Waals surface area contributed by atoms with Crippen LogP contribution in [0.25, 0.3) is 11.1 Å². The molecule has 43 heavy (non-hydrogen) atoms. The van der Waals surface area contributed by atoms with E-state index in [4.69, 9.17) is 9.73 Å². The molecule has 1 fully saturated rings. The lowest BCUT2D eigenvalue weighted by molar-refractivity contribution is -0.128. The number of aliphatic imine (C=N–C) groups is 1. The first-order valence-electron chi connectivity index (χ1n) is 14.3. The predicted octanol–water partition coefficient (Wildman–Crippen LogP) is 5.85. The molecular formula is C34H32N4O4S. The summed E-state index contributed by atoms with van der Waals surface area (Å²) < 4.78 is 5.84. The predicted molar refractivity (Wildman–Crippen MR) is 169 cm³/mol. The van der Waals surface area contributed by atoms with Gasteiger partial charge >= 0.3 is 0 Å². The molecule has 9 heteroatoms. The van der Waals surface area contributed by atoms with Crippen LogP contribution in [0.5, 0.6) is 11.5 Å². The van der Waals surface area contributed by atoms with Crippen LogP contribution < -0.4 is 10.1 Å². The molecule has 0 spiro atoms. The molecule has 2 unspecified atom stereocenters. The van der Waals surface area contributed by atoms with Crippen molar-refractivity contribution in [1.82, 2.24) is 9.88 Å². The number of ether oxygens (including phenoxy) is 1. The van der Waals surface area contributed by atoms with Gasteiger partial charge in [-0.05, 0) is 77.7 Å². The third kappa shape index (κ3) is 6.89. The Morgan fingerprint density at radius 2 is 1.86 bits per heavy atom. The molecule has 2 aliphatic heterocycles. The minimum Gasteiger partial charge on any atom is -0.508 e. The number of pyridine rings is 1. The zero-order valence-corrected chi connectivity index (χ0v) is 24.6. The number of carbonyl (C=O) groups excluding carboxylic acids is 2. The normalized spacial score (nSPS) is 18.5. The quantitative estimate of drug-likeness (QED) is 0.236. The number of hydrogen-bond acceptors (Lipinski definition) is 7. The monoisotopic (exact) mass is 592 g/mol. The van der Waals surface area contributed by atoms with Gasteiger partial charge in [0, 0.05) is 43.4 Å². The smallest absolute Gasteiger partial charge is 0.242 e. The van der Waals surface area contributed by atoms with Crippen molar-refractivity contribution < 1.29 is 19.4 Å². The molecule has 6 rings (SSSR count). The van der Waals surface area contributed by atoms with Gasteiger partial charge in [0.25, 0.3) is 0 Å². The lowest BCUT2D eigenvalue weighted by atomic mass is 10.00. The van der Waals surface area contributed by atoms with E-state index >= 15 is 0 Å². The van der Waals surface area contributed by atoms with E-state index in [0.717, 1.165) is 34.6 Å². The Morgan fingerprint density at radius 1 is 1.07 bits per heavy atom. The lowest BCUT2D eigenvalue weighted by Crippen LogP contribution is -2.33. The van der Waals surface area contributed by atoms with E-state index in [0.29, 0.717) is 30.4 Å². The number of phenolic OH excluding ortho intramolecular Hbond substituents is 1. The van der Waals surface area contributed by atoms with E-state index in [2.05, 4.69) is 41.5 Å². The molecule has 2 N–H and O–H groups in total. The molecule has 1 saturated heterocycles. The van der Waals surface area contributed by atoms with Gasteiger partial charge in [0.1, 0.15) is 22.9 Å². The lowest BCUT2D eigenvalue weighted by Gasteiger charge is -2.17. The first-order valence-corrected chi connectivity index (χ1v) is 15.2. The average molecular weight is 593 g/mol. The van der Waals surface area contributed by atoms with Gasteiger partial charge in [-0.2, -0.15) is 0 Å². The van der Waals surface area contributed by atoms with Crippen LogP contribution in [0.2, 0.25) is 0 Å². The molecule has 0 radical (unpaired) electrons. The molecule has 2 atom stereocenters. The van der Waals surface area contributed by atoms with Gasteiger partial charge in [0.2, 0.25) is 11.8 Å². The molecule has 2 aliphatic rings. The van der Waals surface area contributed by atoms with Crippen LogP contribution in [-0.2, 0) is 29.0 Å². The van der Waals surface area contributed by atoms with Gasteiger partial charge in [-0.1, -0.05) is 48.2 Å². The van der Waals surface area contributed by atoms with Crippen LogP contribution in [-0.4, -0.2) is 49.9 Å². The fourth-order valence-corrected chi connectivity index (χ4v) is 6.40. The van der Waals surface area contributed by atoms with Crippen molar-refractivity contribution in [3.8, 4) is 22.6 Å². The summed E-state index contributed by atoms with van der Waals surface area (Å²) in [6, 6.07) is 26.5. The second kappa shape index (κ2) is 12.7. The van der Waals surface area contributed by atoms with Gasteiger partial charge in [0.15, 0.2) is 5.17 Å². The van der Waals surface area contributed by atoms with Gasteiger partial charge in [0.05, 0.1) is 6.54 Å². The summed E-state index contributed by atoms with van der Waals surface area (Å²) in [5, 5.41) is 12.3. The number of amides is 2. The fourth-order valence-electron chi connectivity index (χ4n) is 5.23. The van der Waals surface area contributed by atoms with Gasteiger partial charge in [-0.15, -0.1) is 0 Å². The Kier molecular flexibility index (Phi) is 8.42. The van der Waals surface area contributed by atoms with E-state index in [-0.39, 0.29) is 30.1 Å². The number of aromatic nitrogens is 1. The SMILES string of the molecule is CC1Cc2cc(-c3ccc(CN4C(=O)C(CC(=O)Nc5ccc(O)cc5)SC4=NCCc4ccccn4)cc3)ccc2O1. The van der Waals surface area contributed by atoms with Crippen molar-refractivity contribution in [3.63, 3.8) is 0 Å². The molecule has 2 amide bonds. The molecule has 8 nitrogen and oxygen atoms in total. The minimum atomic E-state index is -0.582. The first-order chi connectivity index (χ1) is 20.9. The summed E-state index contributed by atoms with van der Waals surface area (Å²) in [4.78, 5) is 37.2. The summed E-state index contributed by atoms with van der Waals surface area (Å²) in [6.07, 6.45) is 3.53. The number of amidine groups is 1. The molecule has 0 saturated carbocycles. The highest BCUT2D eigenvalue weighted by atomic mass is 32.2. The number of carbonyl (C=O) groups is 2. The Bertz CT molecular complexity index is 1640. The van der Waals surface area contributed by atoms with Crippen molar-refractivity contribution >= 4 is 34.4 Å². The van der Waals surface area contributed by atoms with Gasteiger partial charge in [-0.25, -0.2) is 0 Å². The first kappa shape index (κ1) is 28.5.